The molecule has 8 nitrogen and oxygen atoms in total. The van der Waals surface area contributed by atoms with Crippen LogP contribution in [0, 0.1) is 11.7 Å². The van der Waals surface area contributed by atoms with Crippen molar-refractivity contribution in [2.24, 2.45) is 5.92 Å². The number of nitrogens with one attached hydrogen (secondary N) is 2. The Morgan fingerprint density at radius 1 is 1.45 bits per heavy atom. The fourth-order valence-electron chi connectivity index (χ4n) is 3.64. The van der Waals surface area contributed by atoms with Crippen molar-refractivity contribution in [1.82, 2.24) is 24.8 Å². The summed E-state index contributed by atoms with van der Waals surface area (Å²) in [5.41, 5.74) is 1.33. The van der Waals surface area contributed by atoms with Crippen molar-refractivity contribution >= 4 is 34.5 Å². The largest absolute Gasteiger partial charge is 0.445 e. The van der Waals surface area contributed by atoms with Gasteiger partial charge in [0.15, 0.2) is 17.5 Å². The molecule has 1 atom stereocenters. The van der Waals surface area contributed by atoms with Gasteiger partial charge in [-0.2, -0.15) is 0 Å². The van der Waals surface area contributed by atoms with Crippen LogP contribution in [0.3, 0.4) is 0 Å². The Balaban J connectivity index is 1.46. The number of carbonyl (C=O) groups excluding carboxylic acids is 1. The Labute approximate surface area is 183 Å². The van der Waals surface area contributed by atoms with E-state index in [0.717, 1.165) is 24.4 Å². The minimum Gasteiger partial charge on any atom is -0.445 e. The summed E-state index contributed by atoms with van der Waals surface area (Å²) in [6, 6.07) is 1.76. The number of piperidine rings is 1. The predicted molar refractivity (Wildman–Crippen MR) is 116 cm³/mol. The van der Waals surface area contributed by atoms with Crippen LogP contribution in [0.25, 0.3) is 22.4 Å². The van der Waals surface area contributed by atoms with Crippen molar-refractivity contribution in [1.29, 1.82) is 0 Å². The van der Waals surface area contributed by atoms with Crippen LogP contribution >= 0.6 is 11.6 Å². The molecule has 3 aromatic heterocycles. The minimum absolute atomic E-state index is 0.112. The molecule has 10 heteroatoms. The third-order valence-electron chi connectivity index (χ3n) is 5.14. The number of nitrogens with zero attached hydrogens (tertiary/aromatic N) is 4. The molecule has 3 aromatic rings. The number of carbonyl (C=O) groups is 1. The molecule has 0 aliphatic carbocycles. The molecule has 2 N–H and O–H groups in total. The summed E-state index contributed by atoms with van der Waals surface area (Å²) in [4.78, 5) is 29.5. The molecule has 0 unspecified atom stereocenters. The quantitative estimate of drug-likeness (QED) is 0.551. The molecular formula is C21H22ClFN6O2. The number of halogens is 2. The van der Waals surface area contributed by atoms with E-state index in [0.29, 0.717) is 41.7 Å². The van der Waals surface area contributed by atoms with Crippen LogP contribution in [0.2, 0.25) is 5.02 Å². The second kappa shape index (κ2) is 9.30. The Morgan fingerprint density at radius 3 is 3.16 bits per heavy atom. The summed E-state index contributed by atoms with van der Waals surface area (Å²) in [5.74, 6) is 0.0786. The van der Waals surface area contributed by atoms with E-state index in [9.17, 15) is 9.18 Å². The van der Waals surface area contributed by atoms with Gasteiger partial charge in [0.05, 0.1) is 11.2 Å². The Bertz CT molecular complexity index is 1100. The van der Waals surface area contributed by atoms with Gasteiger partial charge in [-0.15, -0.1) is 0 Å². The number of pyridine rings is 1. The average Bonchev–Trinajstić information content (AvgIpc) is 3.20. The molecule has 1 amide bonds. The summed E-state index contributed by atoms with van der Waals surface area (Å²) in [5, 5.41) is 4.32. The van der Waals surface area contributed by atoms with E-state index in [2.05, 4.69) is 31.8 Å². The van der Waals surface area contributed by atoms with Gasteiger partial charge in [-0.05, 0) is 24.8 Å². The Kier molecular flexibility index (Phi) is 6.31. The van der Waals surface area contributed by atoms with Gasteiger partial charge in [-0.1, -0.05) is 24.3 Å². The maximum absolute atomic E-state index is 14.4. The highest BCUT2D eigenvalue weighted by Crippen LogP contribution is 2.28. The summed E-state index contributed by atoms with van der Waals surface area (Å²) in [6.07, 6.45) is 7.37. The van der Waals surface area contributed by atoms with E-state index in [-0.39, 0.29) is 24.4 Å². The van der Waals surface area contributed by atoms with Gasteiger partial charge in [0.1, 0.15) is 12.3 Å². The number of hydrogen-bond donors (Lipinski definition) is 2. The SMILES string of the molecule is C=CCOC(=O)N1CCC[C@H](CNc2nc(-c3c[nH]c4ncc(Cl)cc34)ncc2F)C1. The predicted octanol–water partition coefficient (Wildman–Crippen LogP) is 4.26. The fraction of sp³-hybridized carbons (Fsp3) is 0.333. The highest BCUT2D eigenvalue weighted by Gasteiger charge is 2.25. The van der Waals surface area contributed by atoms with Gasteiger partial charge < -0.3 is 19.9 Å². The normalized spacial score (nSPS) is 16.3. The molecule has 31 heavy (non-hydrogen) atoms. The van der Waals surface area contributed by atoms with Gasteiger partial charge in [-0.3, -0.25) is 0 Å². The van der Waals surface area contributed by atoms with E-state index in [4.69, 9.17) is 16.3 Å². The maximum Gasteiger partial charge on any atom is 0.410 e. The zero-order chi connectivity index (χ0) is 21.8. The number of anilines is 1. The summed E-state index contributed by atoms with van der Waals surface area (Å²) >= 11 is 6.06. The molecule has 162 valence electrons. The number of aromatic nitrogens is 4. The number of H-pyrrole nitrogens is 1. The van der Waals surface area contributed by atoms with Crippen molar-refractivity contribution in [3.63, 3.8) is 0 Å². The number of likely N-dealkylation sites (tertiary alicyclic amines) is 1. The van der Waals surface area contributed by atoms with Crippen LogP contribution in [0.4, 0.5) is 15.0 Å². The molecule has 0 bridgehead atoms. The van der Waals surface area contributed by atoms with Crippen molar-refractivity contribution in [2.75, 3.05) is 31.6 Å². The van der Waals surface area contributed by atoms with Crippen molar-refractivity contribution in [3.8, 4) is 11.4 Å². The highest BCUT2D eigenvalue weighted by atomic mass is 35.5. The van der Waals surface area contributed by atoms with E-state index in [1.54, 1.807) is 23.4 Å². The van der Waals surface area contributed by atoms with Crippen LogP contribution in [-0.4, -0.2) is 57.2 Å². The fourth-order valence-corrected chi connectivity index (χ4v) is 3.80. The molecular weight excluding hydrogens is 423 g/mol. The van der Waals surface area contributed by atoms with Crippen molar-refractivity contribution in [3.05, 3.63) is 48.2 Å². The number of aromatic amines is 1. The first-order valence-electron chi connectivity index (χ1n) is 9.97. The lowest BCUT2D eigenvalue weighted by molar-refractivity contribution is 0.0942. The molecule has 1 saturated heterocycles. The Hall–Kier alpha value is -3.20. The van der Waals surface area contributed by atoms with Crippen molar-refractivity contribution < 1.29 is 13.9 Å². The van der Waals surface area contributed by atoms with Crippen LogP contribution < -0.4 is 5.32 Å². The molecule has 4 rings (SSSR count). The van der Waals surface area contributed by atoms with E-state index in [1.165, 1.54) is 6.08 Å². The van der Waals surface area contributed by atoms with Crippen LogP contribution in [0.1, 0.15) is 12.8 Å². The second-order valence-electron chi connectivity index (χ2n) is 7.34. The molecule has 4 heterocycles. The Morgan fingerprint density at radius 2 is 2.32 bits per heavy atom. The van der Waals surface area contributed by atoms with E-state index >= 15 is 0 Å². The number of rotatable bonds is 6. The smallest absolute Gasteiger partial charge is 0.410 e. The minimum atomic E-state index is -0.544. The zero-order valence-corrected chi connectivity index (χ0v) is 17.5. The van der Waals surface area contributed by atoms with Crippen LogP contribution in [0.15, 0.2) is 37.3 Å². The van der Waals surface area contributed by atoms with Gasteiger partial charge >= 0.3 is 6.09 Å². The van der Waals surface area contributed by atoms with Crippen LogP contribution in [0.5, 0.6) is 0 Å². The molecule has 0 spiro atoms. The van der Waals surface area contributed by atoms with Crippen molar-refractivity contribution in [2.45, 2.75) is 12.8 Å². The first-order chi connectivity index (χ1) is 15.0. The second-order valence-corrected chi connectivity index (χ2v) is 7.78. The lowest BCUT2D eigenvalue weighted by atomic mass is 9.98. The molecule has 0 saturated carbocycles. The first kappa shape index (κ1) is 21.0. The summed E-state index contributed by atoms with van der Waals surface area (Å²) in [6.45, 7) is 5.38. The molecule has 0 aromatic carbocycles. The first-order valence-corrected chi connectivity index (χ1v) is 10.3. The monoisotopic (exact) mass is 444 g/mol. The highest BCUT2D eigenvalue weighted by molar-refractivity contribution is 6.31. The maximum atomic E-state index is 14.4. The molecule has 1 aliphatic rings. The number of fused-ring (bicyclic) bond motifs is 1. The zero-order valence-electron chi connectivity index (χ0n) is 16.8. The van der Waals surface area contributed by atoms with Gasteiger partial charge in [-0.25, -0.2) is 24.1 Å². The summed E-state index contributed by atoms with van der Waals surface area (Å²) in [7, 11) is 0. The molecule has 1 fully saturated rings. The number of ether oxygens (including phenoxy) is 1. The number of amides is 1. The topological polar surface area (TPSA) is 96.0 Å². The van der Waals surface area contributed by atoms with Gasteiger partial charge in [0, 0.05) is 43.0 Å². The lowest BCUT2D eigenvalue weighted by Crippen LogP contribution is -2.42. The summed E-state index contributed by atoms with van der Waals surface area (Å²) < 4.78 is 19.5. The van der Waals surface area contributed by atoms with Gasteiger partial charge in [0.25, 0.3) is 0 Å². The standard InChI is InChI=1S/C21H22ClFN6O2/c1-2-6-31-21(30)29-5-3-4-13(12-29)8-24-20-17(23)11-27-19(28-20)16-10-26-18-15(16)7-14(22)9-25-18/h2,7,9-11,13H,1,3-6,8,12H2,(H,25,26)(H,24,27,28)/t13-/m1/s1. The van der Waals surface area contributed by atoms with Gasteiger partial charge in [0.2, 0.25) is 0 Å². The average molecular weight is 445 g/mol. The number of hydrogen-bond acceptors (Lipinski definition) is 6. The van der Waals surface area contributed by atoms with Crippen LogP contribution in [-0.2, 0) is 4.74 Å². The molecule has 1 aliphatic heterocycles. The molecule has 0 radical (unpaired) electrons. The lowest BCUT2D eigenvalue weighted by Gasteiger charge is -2.32. The third kappa shape index (κ3) is 4.77. The third-order valence-corrected chi connectivity index (χ3v) is 5.35. The van der Waals surface area contributed by atoms with E-state index < -0.39 is 5.82 Å². The van der Waals surface area contributed by atoms with E-state index in [1.807, 2.05) is 0 Å².